The second-order valence-electron chi connectivity index (χ2n) is 7.42. The Bertz CT molecular complexity index is 1060. The maximum absolute atomic E-state index is 13.3. The molecule has 6 nitrogen and oxygen atoms in total. The van der Waals surface area contributed by atoms with Gasteiger partial charge in [-0.05, 0) is 36.1 Å². The van der Waals surface area contributed by atoms with Gasteiger partial charge in [0.1, 0.15) is 19.3 Å². The number of hydrogen-bond acceptors (Lipinski definition) is 5. The molecule has 0 aliphatic carbocycles. The number of nitrogens with one attached hydrogen (secondary N) is 1. The van der Waals surface area contributed by atoms with Crippen LogP contribution < -0.4 is 14.8 Å². The highest BCUT2D eigenvalue weighted by molar-refractivity contribution is 7.10. The van der Waals surface area contributed by atoms with E-state index in [2.05, 4.69) is 5.32 Å². The van der Waals surface area contributed by atoms with Gasteiger partial charge in [0.25, 0.3) is 5.91 Å². The second-order valence-corrected chi connectivity index (χ2v) is 8.45. The summed E-state index contributed by atoms with van der Waals surface area (Å²) in [6.45, 7) is 2.96. The van der Waals surface area contributed by atoms with Crippen LogP contribution in [0.25, 0.3) is 0 Å². The number of carbonyl (C=O) groups is 2. The molecule has 0 fully saturated rings. The first-order valence-electron chi connectivity index (χ1n) is 10.1. The van der Waals surface area contributed by atoms with Crippen LogP contribution in [0.5, 0.6) is 11.5 Å². The van der Waals surface area contributed by atoms with Gasteiger partial charge in [0.2, 0.25) is 5.91 Å². The first-order chi connectivity index (χ1) is 15.0. The molecular weight excluding hydrogens is 412 g/mol. The van der Waals surface area contributed by atoms with Gasteiger partial charge >= 0.3 is 0 Å². The minimum Gasteiger partial charge on any atom is -0.486 e. The third-order valence-corrected chi connectivity index (χ3v) is 6.01. The molecule has 3 aromatic rings. The lowest BCUT2D eigenvalue weighted by atomic mass is 10.0. The zero-order chi connectivity index (χ0) is 21.8. The number of likely N-dealkylation sites (N-methyl/N-ethyl adjacent to an activating group) is 1. The van der Waals surface area contributed by atoms with E-state index < -0.39 is 6.04 Å². The third kappa shape index (κ3) is 4.88. The Morgan fingerprint density at radius 2 is 1.81 bits per heavy atom. The van der Waals surface area contributed by atoms with E-state index in [1.54, 1.807) is 25.2 Å². The van der Waals surface area contributed by atoms with Gasteiger partial charge in [-0.1, -0.05) is 35.9 Å². The number of aryl methyl sites for hydroxylation is 1. The van der Waals surface area contributed by atoms with Gasteiger partial charge in [-0.2, -0.15) is 0 Å². The topological polar surface area (TPSA) is 67.9 Å². The molecule has 1 aliphatic rings. The molecule has 31 heavy (non-hydrogen) atoms. The van der Waals surface area contributed by atoms with Gasteiger partial charge in [0.05, 0.1) is 6.42 Å². The number of thiophene rings is 1. The first-order valence-corrected chi connectivity index (χ1v) is 10.9. The summed E-state index contributed by atoms with van der Waals surface area (Å²) in [5.41, 5.74) is 2.43. The van der Waals surface area contributed by atoms with Crippen LogP contribution in [0.4, 0.5) is 5.69 Å². The number of fused-ring (bicyclic) bond motifs is 1. The van der Waals surface area contributed by atoms with Crippen LogP contribution in [-0.4, -0.2) is 37.0 Å². The lowest BCUT2D eigenvalue weighted by Crippen LogP contribution is -2.39. The van der Waals surface area contributed by atoms with Crippen molar-refractivity contribution in [3.05, 3.63) is 76.0 Å². The van der Waals surface area contributed by atoms with Crippen molar-refractivity contribution in [2.75, 3.05) is 25.6 Å². The van der Waals surface area contributed by atoms with E-state index in [1.807, 2.05) is 48.7 Å². The molecule has 2 heterocycles. The Labute approximate surface area is 185 Å². The van der Waals surface area contributed by atoms with Crippen LogP contribution in [0.1, 0.15) is 22.0 Å². The summed E-state index contributed by atoms with van der Waals surface area (Å²) < 4.78 is 11.2. The molecule has 2 aromatic carbocycles. The zero-order valence-corrected chi connectivity index (χ0v) is 18.3. The number of benzene rings is 2. The lowest BCUT2D eigenvalue weighted by Gasteiger charge is -2.28. The summed E-state index contributed by atoms with van der Waals surface area (Å²) in [4.78, 5) is 28.8. The highest BCUT2D eigenvalue weighted by Crippen LogP contribution is 2.33. The van der Waals surface area contributed by atoms with E-state index >= 15 is 0 Å². The molecule has 4 rings (SSSR count). The Morgan fingerprint density at radius 3 is 2.52 bits per heavy atom. The van der Waals surface area contributed by atoms with E-state index in [1.165, 1.54) is 16.2 Å². The molecule has 160 valence electrons. The van der Waals surface area contributed by atoms with Crippen LogP contribution in [0, 0.1) is 6.92 Å². The Balaban J connectivity index is 1.58. The fraction of sp³-hybridized carbons (Fsp3) is 0.250. The Morgan fingerprint density at radius 1 is 1.06 bits per heavy atom. The van der Waals surface area contributed by atoms with Crippen molar-refractivity contribution in [1.29, 1.82) is 0 Å². The zero-order valence-electron chi connectivity index (χ0n) is 17.5. The quantitative estimate of drug-likeness (QED) is 0.629. The minimum atomic E-state index is -0.763. The van der Waals surface area contributed by atoms with Gasteiger partial charge < -0.3 is 19.7 Å². The van der Waals surface area contributed by atoms with E-state index in [9.17, 15) is 9.59 Å². The molecule has 2 amide bonds. The van der Waals surface area contributed by atoms with E-state index in [4.69, 9.17) is 9.47 Å². The van der Waals surface area contributed by atoms with Gasteiger partial charge in [0, 0.05) is 23.7 Å². The monoisotopic (exact) mass is 436 g/mol. The minimum absolute atomic E-state index is 0.120. The van der Waals surface area contributed by atoms with Crippen molar-refractivity contribution in [3.8, 4) is 11.5 Å². The van der Waals surface area contributed by atoms with Crippen LogP contribution in [0.3, 0.4) is 0 Å². The predicted octanol–water partition coefficient (Wildman–Crippen LogP) is 4.21. The van der Waals surface area contributed by atoms with E-state index in [0.717, 1.165) is 16.0 Å². The number of nitrogens with zero attached hydrogens (tertiary/aromatic N) is 1. The van der Waals surface area contributed by atoms with Crippen molar-refractivity contribution in [2.45, 2.75) is 19.4 Å². The third-order valence-electron chi connectivity index (χ3n) is 5.14. The molecule has 1 atom stereocenters. The SMILES string of the molecule is Cc1ccc([C@@H](C(=O)Nc2ccc3c(c2)OCCO3)N(C)C(=O)Cc2cccs2)cc1. The van der Waals surface area contributed by atoms with Crippen molar-refractivity contribution >= 4 is 28.8 Å². The van der Waals surface area contributed by atoms with Gasteiger partial charge in [-0.3, -0.25) is 9.59 Å². The van der Waals surface area contributed by atoms with Crippen LogP contribution in [-0.2, 0) is 16.0 Å². The van der Waals surface area contributed by atoms with Crippen molar-refractivity contribution in [3.63, 3.8) is 0 Å². The summed E-state index contributed by atoms with van der Waals surface area (Å²) in [5.74, 6) is 0.841. The highest BCUT2D eigenvalue weighted by Gasteiger charge is 2.29. The number of rotatable bonds is 6. The average Bonchev–Trinajstić information content (AvgIpc) is 3.28. The van der Waals surface area contributed by atoms with Gasteiger partial charge in [0.15, 0.2) is 11.5 Å². The fourth-order valence-corrected chi connectivity index (χ4v) is 4.16. The van der Waals surface area contributed by atoms with E-state index in [-0.39, 0.29) is 18.2 Å². The number of hydrogen-bond donors (Lipinski definition) is 1. The van der Waals surface area contributed by atoms with Crippen LogP contribution >= 0.6 is 11.3 Å². The smallest absolute Gasteiger partial charge is 0.251 e. The summed E-state index contributed by atoms with van der Waals surface area (Å²) in [6, 6.07) is 16.0. The predicted molar refractivity (Wildman–Crippen MR) is 121 cm³/mol. The second kappa shape index (κ2) is 9.22. The summed E-state index contributed by atoms with van der Waals surface area (Å²) in [7, 11) is 1.67. The number of amides is 2. The molecule has 1 aromatic heterocycles. The van der Waals surface area contributed by atoms with Gasteiger partial charge in [-0.25, -0.2) is 0 Å². The van der Waals surface area contributed by atoms with Crippen molar-refractivity contribution in [1.82, 2.24) is 4.90 Å². The maximum Gasteiger partial charge on any atom is 0.251 e. The molecule has 0 spiro atoms. The summed E-state index contributed by atoms with van der Waals surface area (Å²) in [6.07, 6.45) is 0.258. The highest BCUT2D eigenvalue weighted by atomic mass is 32.1. The van der Waals surface area contributed by atoms with E-state index in [0.29, 0.717) is 30.4 Å². The van der Waals surface area contributed by atoms with Crippen LogP contribution in [0.15, 0.2) is 60.0 Å². The maximum atomic E-state index is 13.3. The fourth-order valence-electron chi connectivity index (χ4n) is 3.46. The molecule has 1 aliphatic heterocycles. The average molecular weight is 437 g/mol. The molecule has 0 saturated carbocycles. The lowest BCUT2D eigenvalue weighted by molar-refractivity contribution is -0.136. The molecule has 0 saturated heterocycles. The Hall–Kier alpha value is -3.32. The molecule has 0 bridgehead atoms. The molecule has 7 heteroatoms. The largest absolute Gasteiger partial charge is 0.486 e. The molecule has 0 radical (unpaired) electrons. The number of carbonyl (C=O) groups excluding carboxylic acids is 2. The number of ether oxygens (including phenoxy) is 2. The number of anilines is 1. The van der Waals surface area contributed by atoms with Crippen molar-refractivity contribution < 1.29 is 19.1 Å². The Kier molecular flexibility index (Phi) is 6.23. The first kappa shape index (κ1) is 20.9. The van der Waals surface area contributed by atoms with Crippen molar-refractivity contribution in [2.24, 2.45) is 0 Å². The molecule has 0 unspecified atom stereocenters. The standard InChI is InChI=1S/C24H24N2O4S/c1-16-5-7-17(8-6-16)23(26(2)22(27)15-19-4-3-13-31-19)24(28)25-18-9-10-20-21(14-18)30-12-11-29-20/h3-10,13-14,23H,11-12,15H2,1-2H3,(H,25,28)/t23-/m0/s1. The molecular formula is C24H24N2O4S. The van der Waals surface area contributed by atoms with Gasteiger partial charge in [-0.15, -0.1) is 11.3 Å². The molecule has 1 N–H and O–H groups in total. The summed E-state index contributed by atoms with van der Waals surface area (Å²) >= 11 is 1.53. The van der Waals surface area contributed by atoms with Crippen LogP contribution in [0.2, 0.25) is 0 Å². The normalized spacial score (nSPS) is 13.4. The summed E-state index contributed by atoms with van der Waals surface area (Å²) in [5, 5.41) is 4.87.